The second kappa shape index (κ2) is 62.2. The van der Waals surface area contributed by atoms with Crippen molar-refractivity contribution in [1.82, 2.24) is 5.32 Å². The average molecular weight is 1150 g/mol. The molecule has 0 saturated carbocycles. The highest BCUT2D eigenvalue weighted by molar-refractivity contribution is 7.45. The van der Waals surface area contributed by atoms with Gasteiger partial charge in [0.1, 0.15) is 13.2 Å². The van der Waals surface area contributed by atoms with E-state index < -0.39 is 26.6 Å². The summed E-state index contributed by atoms with van der Waals surface area (Å²) in [4.78, 5) is 25.6. The van der Waals surface area contributed by atoms with Crippen molar-refractivity contribution in [1.29, 1.82) is 0 Å². The fraction of sp³-hybridized carbons (Fsp3) is 0.792. The summed E-state index contributed by atoms with van der Waals surface area (Å²) < 4.78 is 23.4. The van der Waals surface area contributed by atoms with Crippen molar-refractivity contribution < 1.29 is 32.9 Å². The van der Waals surface area contributed by atoms with Gasteiger partial charge in [0.15, 0.2) is 0 Å². The number of carbonyl (C=O) groups excluding carboxylic acids is 1. The molecule has 0 aliphatic heterocycles. The Kier molecular flexibility index (Phi) is 60.4. The number of allylic oxidation sites excluding steroid dienone is 13. The number of nitrogens with zero attached hydrogens (tertiary/aromatic N) is 1. The third kappa shape index (κ3) is 65.1. The number of nitrogens with one attached hydrogen (secondary N) is 1. The number of phosphoric ester groups is 1. The van der Waals surface area contributed by atoms with Gasteiger partial charge in [-0.3, -0.25) is 9.36 Å². The first-order chi connectivity index (χ1) is 39.5. The van der Waals surface area contributed by atoms with E-state index in [1.165, 1.54) is 225 Å². The SMILES string of the molecule is CC/C=C\C/C=C\C/C=C\C/C=C\CCCCCCCCCCCCCCCCCCCCCCCCCCCCC(=O)NC(COP(=O)([O-])OCC[N+](C)(C)C)C(O)/C=C/CC/C=C/CC/C=C/CCCCCCCCCCCC. The predicted octanol–water partition coefficient (Wildman–Crippen LogP) is 21.3. The standard InChI is InChI=1S/C72H133N2O6P/c1-6-8-10-12-14-16-18-20-22-24-26-28-29-30-31-32-33-34-35-36-37-38-39-40-41-42-43-44-45-46-48-50-52-54-56-58-60-62-64-66-72(76)73-70(69-80-81(77,78)79-68-67-74(3,4)5)71(75)65-63-61-59-57-55-53-51-49-47-27-25-23-21-19-17-15-13-11-9-7-2/h8,10,14,16,20,22,26,28,47,49,55,57,63,65,70-71,75H,6-7,9,11-13,15,17-19,21,23-25,27,29-46,48,50-54,56,58-62,64,66-69H2,1-5H3,(H-,73,76,77,78)/b10-8-,16-14-,22-20-,28-26-,49-47+,57-55+,65-63+. The first-order valence-electron chi connectivity index (χ1n) is 34.4. The van der Waals surface area contributed by atoms with Crippen LogP contribution in [0.15, 0.2) is 85.1 Å². The molecule has 0 spiro atoms. The summed E-state index contributed by atoms with van der Waals surface area (Å²) in [6.45, 7) is 4.53. The van der Waals surface area contributed by atoms with Gasteiger partial charge in [0.2, 0.25) is 5.91 Å². The molecular formula is C72H133N2O6P. The van der Waals surface area contributed by atoms with Crippen LogP contribution in [0.25, 0.3) is 0 Å². The molecule has 0 radical (unpaired) electrons. The Hall–Kier alpha value is -2.32. The smallest absolute Gasteiger partial charge is 0.268 e. The molecule has 0 rings (SSSR count). The minimum Gasteiger partial charge on any atom is -0.756 e. The average Bonchev–Trinajstić information content (AvgIpc) is 3.43. The molecule has 0 bridgehead atoms. The molecule has 3 unspecified atom stereocenters. The maximum absolute atomic E-state index is 13.0. The summed E-state index contributed by atoms with van der Waals surface area (Å²) in [5.41, 5.74) is 0. The minimum atomic E-state index is -4.61. The number of aliphatic hydroxyl groups excluding tert-OH is 1. The van der Waals surface area contributed by atoms with E-state index in [0.717, 1.165) is 70.6 Å². The zero-order chi connectivity index (χ0) is 59.1. The Morgan fingerprint density at radius 2 is 0.765 bits per heavy atom. The van der Waals surface area contributed by atoms with Gasteiger partial charge in [-0.25, -0.2) is 0 Å². The molecule has 81 heavy (non-hydrogen) atoms. The largest absolute Gasteiger partial charge is 0.756 e. The zero-order valence-electron chi connectivity index (χ0n) is 54.0. The molecule has 8 nitrogen and oxygen atoms in total. The molecule has 0 heterocycles. The second-order valence-electron chi connectivity index (χ2n) is 24.5. The Bertz CT molecular complexity index is 1600. The van der Waals surface area contributed by atoms with Crippen LogP contribution < -0.4 is 10.2 Å². The van der Waals surface area contributed by atoms with Gasteiger partial charge in [-0.05, 0) is 83.5 Å². The minimum absolute atomic E-state index is 0.00950. The molecule has 0 aliphatic rings. The lowest BCUT2D eigenvalue weighted by Gasteiger charge is -2.29. The monoisotopic (exact) mass is 1150 g/mol. The van der Waals surface area contributed by atoms with E-state index in [2.05, 4.69) is 92.1 Å². The van der Waals surface area contributed by atoms with Crippen LogP contribution in [-0.2, 0) is 18.4 Å². The summed E-state index contributed by atoms with van der Waals surface area (Å²) in [7, 11) is 1.24. The van der Waals surface area contributed by atoms with Crippen molar-refractivity contribution in [3.8, 4) is 0 Å². The molecular weight excluding hydrogens is 1020 g/mol. The Labute approximate surface area is 503 Å². The fourth-order valence-corrected chi connectivity index (χ4v) is 10.7. The molecule has 1 amide bonds. The summed E-state index contributed by atoms with van der Waals surface area (Å²) in [5.74, 6) is -0.207. The van der Waals surface area contributed by atoms with Gasteiger partial charge in [-0.15, -0.1) is 0 Å². The highest BCUT2D eigenvalue weighted by Crippen LogP contribution is 2.38. The van der Waals surface area contributed by atoms with Crippen LogP contribution in [0.4, 0.5) is 0 Å². The second-order valence-corrected chi connectivity index (χ2v) is 25.9. The topological polar surface area (TPSA) is 108 Å². The summed E-state index contributed by atoms with van der Waals surface area (Å²) in [5, 5.41) is 13.9. The van der Waals surface area contributed by atoms with Gasteiger partial charge in [0.05, 0.1) is 39.9 Å². The molecule has 0 aromatic heterocycles. The van der Waals surface area contributed by atoms with Gasteiger partial charge in [0.25, 0.3) is 7.82 Å². The first-order valence-corrected chi connectivity index (χ1v) is 35.9. The maximum Gasteiger partial charge on any atom is 0.268 e. The Morgan fingerprint density at radius 3 is 1.15 bits per heavy atom. The number of quaternary nitrogens is 1. The lowest BCUT2D eigenvalue weighted by molar-refractivity contribution is -0.870. The lowest BCUT2D eigenvalue weighted by Crippen LogP contribution is -2.45. The van der Waals surface area contributed by atoms with E-state index in [4.69, 9.17) is 9.05 Å². The van der Waals surface area contributed by atoms with E-state index in [0.29, 0.717) is 17.4 Å². The lowest BCUT2D eigenvalue weighted by atomic mass is 10.0. The number of likely N-dealkylation sites (N-methyl/N-ethyl adjacent to an activating group) is 1. The Morgan fingerprint density at radius 1 is 0.444 bits per heavy atom. The highest BCUT2D eigenvalue weighted by atomic mass is 31.2. The van der Waals surface area contributed by atoms with Crippen LogP contribution in [0.5, 0.6) is 0 Å². The summed E-state index contributed by atoms with van der Waals surface area (Å²) in [6, 6.07) is -0.912. The van der Waals surface area contributed by atoms with Crippen LogP contribution in [0.1, 0.15) is 316 Å². The number of carbonyl (C=O) groups is 1. The summed E-state index contributed by atoms with van der Waals surface area (Å²) >= 11 is 0. The van der Waals surface area contributed by atoms with E-state index in [-0.39, 0.29) is 12.5 Å². The molecule has 3 atom stereocenters. The third-order valence-electron chi connectivity index (χ3n) is 15.3. The molecule has 0 aromatic carbocycles. The molecule has 2 N–H and O–H groups in total. The number of aliphatic hydroxyl groups is 1. The molecule has 0 aromatic rings. The normalized spacial score (nSPS) is 14.2. The maximum atomic E-state index is 13.0. The number of hydrogen-bond donors (Lipinski definition) is 2. The first kappa shape index (κ1) is 78.7. The fourth-order valence-electron chi connectivity index (χ4n) is 10.0. The number of rotatable bonds is 63. The molecule has 9 heteroatoms. The third-order valence-corrected chi connectivity index (χ3v) is 16.3. The number of amides is 1. The van der Waals surface area contributed by atoms with Crippen molar-refractivity contribution >= 4 is 13.7 Å². The van der Waals surface area contributed by atoms with E-state index >= 15 is 0 Å². The number of phosphoric acid groups is 1. The van der Waals surface area contributed by atoms with E-state index in [1.807, 2.05) is 27.2 Å². The highest BCUT2D eigenvalue weighted by Gasteiger charge is 2.23. The van der Waals surface area contributed by atoms with Crippen LogP contribution in [0.2, 0.25) is 0 Å². The van der Waals surface area contributed by atoms with Crippen molar-refractivity contribution in [2.75, 3.05) is 40.9 Å². The van der Waals surface area contributed by atoms with Crippen LogP contribution >= 0.6 is 7.82 Å². The zero-order valence-corrected chi connectivity index (χ0v) is 54.9. The quantitative estimate of drug-likeness (QED) is 0.0272. The van der Waals surface area contributed by atoms with Gasteiger partial charge in [-0.2, -0.15) is 0 Å². The van der Waals surface area contributed by atoms with Gasteiger partial charge in [0, 0.05) is 6.42 Å². The van der Waals surface area contributed by atoms with Crippen LogP contribution in [0, 0.1) is 0 Å². The molecule has 0 saturated heterocycles. The van der Waals surface area contributed by atoms with Crippen molar-refractivity contribution in [2.45, 2.75) is 328 Å². The summed E-state index contributed by atoms with van der Waals surface area (Å²) in [6.07, 6.45) is 88.6. The van der Waals surface area contributed by atoms with Crippen molar-refractivity contribution in [3.05, 3.63) is 85.1 Å². The number of unbranched alkanes of at least 4 members (excludes halogenated alkanes) is 38. The number of hydrogen-bond acceptors (Lipinski definition) is 6. The van der Waals surface area contributed by atoms with E-state index in [1.54, 1.807) is 6.08 Å². The van der Waals surface area contributed by atoms with Crippen molar-refractivity contribution in [2.24, 2.45) is 0 Å². The molecule has 472 valence electrons. The van der Waals surface area contributed by atoms with Gasteiger partial charge < -0.3 is 28.8 Å². The van der Waals surface area contributed by atoms with Gasteiger partial charge in [-0.1, -0.05) is 311 Å². The predicted molar refractivity (Wildman–Crippen MR) is 353 cm³/mol. The molecule has 0 aliphatic carbocycles. The van der Waals surface area contributed by atoms with Crippen LogP contribution in [0.3, 0.4) is 0 Å². The van der Waals surface area contributed by atoms with Crippen molar-refractivity contribution in [3.63, 3.8) is 0 Å². The Balaban J connectivity index is 3.99. The van der Waals surface area contributed by atoms with Gasteiger partial charge >= 0.3 is 0 Å². The van der Waals surface area contributed by atoms with Crippen LogP contribution in [-0.4, -0.2) is 68.5 Å². The molecule has 0 fully saturated rings. The van der Waals surface area contributed by atoms with E-state index in [9.17, 15) is 19.4 Å².